The van der Waals surface area contributed by atoms with Gasteiger partial charge in [0.1, 0.15) is 0 Å². The third-order valence-corrected chi connectivity index (χ3v) is 21.4. The number of hydrazone groups is 1. The van der Waals surface area contributed by atoms with Gasteiger partial charge in [-0.15, -0.1) is 0 Å². The molecule has 0 radical (unpaired) electrons. The van der Waals surface area contributed by atoms with Crippen LogP contribution in [0.1, 0.15) is 221 Å². The lowest BCUT2D eigenvalue weighted by Gasteiger charge is -2.19. The van der Waals surface area contributed by atoms with Gasteiger partial charge in [0.05, 0.1) is 11.4 Å². The molecule has 456 valence electrons. The highest BCUT2D eigenvalue weighted by atomic mass is 32.5. The first kappa shape index (κ1) is 71.3. The van der Waals surface area contributed by atoms with E-state index >= 15 is 0 Å². The van der Waals surface area contributed by atoms with Gasteiger partial charge in [0.25, 0.3) is 0 Å². The minimum Gasteiger partial charge on any atom is -0.303 e. The molecule has 5 aromatic rings. The molecular formula is C78H113N4PS. The Kier molecular flexibility index (Phi) is 25.4. The van der Waals surface area contributed by atoms with Crippen LogP contribution in [0.15, 0.2) is 44.2 Å². The molecule has 0 N–H and O–H groups in total. The fourth-order valence-corrected chi connectivity index (χ4v) is 14.6. The van der Waals surface area contributed by atoms with Crippen molar-refractivity contribution in [3.05, 3.63) is 196 Å². The minimum absolute atomic E-state index is 0.320. The zero-order valence-electron chi connectivity index (χ0n) is 59.1. The average molecular weight is 1170 g/mol. The summed E-state index contributed by atoms with van der Waals surface area (Å²) in [5.74, 6) is 1.23. The third kappa shape index (κ3) is 15.9. The molecule has 0 aliphatic heterocycles. The van der Waals surface area contributed by atoms with Crippen LogP contribution in [0, 0.1) is 152 Å². The Bertz CT molecular complexity index is 3440. The van der Waals surface area contributed by atoms with Crippen LogP contribution in [0.25, 0.3) is 6.08 Å². The van der Waals surface area contributed by atoms with Crippen molar-refractivity contribution >= 4 is 41.3 Å². The molecule has 84 heavy (non-hydrogen) atoms. The average Bonchev–Trinajstić information content (AvgIpc) is 2.64. The quantitative estimate of drug-likeness (QED) is 0.0661. The van der Waals surface area contributed by atoms with E-state index in [1.54, 1.807) is 39.0 Å². The van der Waals surface area contributed by atoms with Gasteiger partial charge in [0.15, 0.2) is 0 Å². The first-order valence-corrected chi connectivity index (χ1v) is 34.0. The first-order chi connectivity index (χ1) is 38.9. The van der Waals surface area contributed by atoms with Gasteiger partial charge < -0.3 is 5.01 Å². The lowest BCUT2D eigenvalue weighted by atomic mass is 9.88. The van der Waals surface area contributed by atoms with Crippen LogP contribution in [0.4, 0.5) is 0 Å². The summed E-state index contributed by atoms with van der Waals surface area (Å²) in [5.41, 5.74) is 52.8. The van der Waals surface area contributed by atoms with Crippen molar-refractivity contribution < 1.29 is 0 Å². The standard InChI is InChI=1S/C19H29PS.C16H24N2.C15H24N2.2C14H18/c1-7-8-16(11-21(6)20)17-9-18-14(4)12(2)13(3)15(5)19(18)10-17;1-9(2)17-18-15(8)16-13(6)11(4)10(3)12(5)14(16)7;1-9-10(2)12(4)15(13(5)11(9)3)14(6)16-17(7)8;2*1-8-6-13-11(4)9(2)10(3)12(5)14(13)7-8/h20H,7-11H2,1-6H3;1-8H3;1-8H3;6H,7H2,1-5H3;1,6-7H2,2-5H3/b;18-15+;16-14+;;. The molecule has 0 bridgehead atoms. The summed E-state index contributed by atoms with van der Waals surface area (Å²) in [6, 6.07) is 0. The normalized spacial score (nSPS) is 13.5. The predicted octanol–water partition coefficient (Wildman–Crippen LogP) is 20.8. The summed E-state index contributed by atoms with van der Waals surface area (Å²) in [6.07, 6.45) is 12.9. The molecule has 0 spiro atoms. The van der Waals surface area contributed by atoms with Crippen molar-refractivity contribution in [2.24, 2.45) is 15.3 Å². The van der Waals surface area contributed by atoms with E-state index in [0.717, 1.165) is 36.4 Å². The Labute approximate surface area is 519 Å². The van der Waals surface area contributed by atoms with E-state index in [1.807, 2.05) is 39.9 Å². The van der Waals surface area contributed by atoms with Crippen molar-refractivity contribution in [2.75, 3.05) is 26.1 Å². The molecule has 0 heterocycles. The molecule has 8 rings (SSSR count). The molecule has 0 amide bonds. The van der Waals surface area contributed by atoms with E-state index in [1.165, 1.54) is 182 Å². The molecule has 6 heteroatoms. The zero-order valence-corrected chi connectivity index (χ0v) is 61.0. The van der Waals surface area contributed by atoms with Gasteiger partial charge >= 0.3 is 0 Å². The molecular weight excluding hydrogens is 1060 g/mol. The molecule has 0 saturated heterocycles. The number of hydrogen-bond acceptors (Lipinski definition) is 4. The van der Waals surface area contributed by atoms with Crippen LogP contribution < -0.4 is 0 Å². The summed E-state index contributed by atoms with van der Waals surface area (Å²) in [6.45, 7) is 65.7. The minimum atomic E-state index is 0.320. The van der Waals surface area contributed by atoms with Crippen LogP contribution in [-0.4, -0.2) is 48.2 Å². The number of fused-ring (bicyclic) bond motifs is 3. The van der Waals surface area contributed by atoms with E-state index in [0.29, 0.717) is 10.1 Å². The van der Waals surface area contributed by atoms with Gasteiger partial charge in [0.2, 0.25) is 0 Å². The number of allylic oxidation sites excluding steroid dienone is 3. The van der Waals surface area contributed by atoms with Crippen molar-refractivity contribution in [1.82, 2.24) is 5.01 Å². The Balaban J connectivity index is 0.000000227. The van der Waals surface area contributed by atoms with E-state index in [9.17, 15) is 0 Å². The molecule has 0 saturated carbocycles. The number of nitrogens with zero attached hydrogens (tertiary/aromatic N) is 4. The summed E-state index contributed by atoms with van der Waals surface area (Å²) >= 11 is 0. The maximum absolute atomic E-state index is 4.53. The Morgan fingerprint density at radius 2 is 0.762 bits per heavy atom. The molecule has 5 aromatic carbocycles. The summed E-state index contributed by atoms with van der Waals surface area (Å²) in [4.78, 5) is 0. The molecule has 0 fully saturated rings. The van der Waals surface area contributed by atoms with Crippen molar-refractivity contribution in [2.45, 2.75) is 239 Å². The zero-order chi connectivity index (χ0) is 64.0. The SMILES string of the molecule is C/C(=N\N(C)C)c1c(C)c(C)c(C)c(C)c1C.C=C1Cc2c(C)c(C)c(C)c(C)c2C1.CC(C)=N/N=C(\C)c1c(C)c(C)c(C)c(C)c1C.CC1=Cc2c(C)c(C)c(C)c(C)c2C1.CCCC(CS(C)=P)=C1Cc2c(C)c(C)c(C)c(C)c2C1. The van der Waals surface area contributed by atoms with Gasteiger partial charge in [-0.25, -0.2) is 0 Å². The highest BCUT2D eigenvalue weighted by molar-refractivity contribution is 8.15. The highest BCUT2D eigenvalue weighted by Gasteiger charge is 2.26. The topological polar surface area (TPSA) is 40.3 Å². The summed E-state index contributed by atoms with van der Waals surface area (Å²) < 4.78 is 0. The Morgan fingerprint density at radius 1 is 0.440 bits per heavy atom. The Morgan fingerprint density at radius 3 is 1.11 bits per heavy atom. The van der Waals surface area contributed by atoms with Gasteiger partial charge in [-0.1, -0.05) is 56.3 Å². The maximum Gasteiger partial charge on any atom is 0.0677 e. The van der Waals surface area contributed by atoms with Crippen molar-refractivity contribution in [3.63, 3.8) is 0 Å². The second-order valence-electron chi connectivity index (χ2n) is 25.9. The number of benzene rings is 5. The van der Waals surface area contributed by atoms with Gasteiger partial charge in [-0.3, -0.25) is 0 Å². The van der Waals surface area contributed by atoms with Crippen LogP contribution in [0.3, 0.4) is 0 Å². The van der Waals surface area contributed by atoms with Crippen LogP contribution >= 0.6 is 8.02 Å². The number of rotatable bonds is 8. The Hall–Kier alpha value is -5.22. The lowest BCUT2D eigenvalue weighted by molar-refractivity contribution is 0.437. The fourth-order valence-electron chi connectivity index (χ4n) is 13.2. The maximum atomic E-state index is 4.53. The molecule has 3 aliphatic carbocycles. The second-order valence-corrected chi connectivity index (χ2v) is 29.6. The largest absolute Gasteiger partial charge is 0.303 e. The van der Waals surface area contributed by atoms with E-state index < -0.39 is 0 Å². The van der Waals surface area contributed by atoms with Gasteiger partial charge in [-0.2, -0.15) is 25.4 Å². The lowest BCUT2D eigenvalue weighted by Crippen LogP contribution is -2.12. The van der Waals surface area contributed by atoms with Crippen LogP contribution in [0.2, 0.25) is 0 Å². The highest BCUT2D eigenvalue weighted by Crippen LogP contribution is 2.39. The molecule has 4 nitrogen and oxygen atoms in total. The molecule has 1 unspecified atom stereocenters. The van der Waals surface area contributed by atoms with E-state index in [4.69, 9.17) is 0 Å². The van der Waals surface area contributed by atoms with Crippen LogP contribution in [-0.2, 0) is 42.2 Å². The third-order valence-electron chi connectivity index (χ3n) is 20.2. The molecule has 3 aliphatic rings. The number of hydrogen-bond donors (Lipinski definition) is 0. The van der Waals surface area contributed by atoms with Crippen LogP contribution in [0.5, 0.6) is 0 Å². The van der Waals surface area contributed by atoms with E-state index in [-0.39, 0.29) is 0 Å². The fraction of sp³-hybridized carbons (Fsp3) is 0.500. The molecule has 0 aromatic heterocycles. The monoisotopic (exact) mass is 1170 g/mol. The summed E-state index contributed by atoms with van der Waals surface area (Å²) in [5, 5.41) is 14.9. The smallest absolute Gasteiger partial charge is 0.0677 e. The van der Waals surface area contributed by atoms with Gasteiger partial charge in [0, 0.05) is 36.7 Å². The summed E-state index contributed by atoms with van der Waals surface area (Å²) in [7, 11) is 8.07. The molecule has 1 atom stereocenters. The van der Waals surface area contributed by atoms with Crippen molar-refractivity contribution in [3.8, 4) is 0 Å². The van der Waals surface area contributed by atoms with Crippen molar-refractivity contribution in [1.29, 1.82) is 0 Å². The van der Waals surface area contributed by atoms with Gasteiger partial charge in [-0.05, 0) is 387 Å². The first-order valence-electron chi connectivity index (χ1n) is 31.0. The second kappa shape index (κ2) is 29.9. The van der Waals surface area contributed by atoms with E-state index in [2.05, 4.69) is 215 Å². The predicted molar refractivity (Wildman–Crippen MR) is 383 cm³/mol.